The van der Waals surface area contributed by atoms with E-state index in [1.165, 1.54) is 24.8 Å². The molecule has 0 aromatic heterocycles. The second kappa shape index (κ2) is 3.90. The monoisotopic (exact) mass is 234 g/mol. The Labute approximate surface area is 101 Å². The Hall–Kier alpha value is -0.790. The molecule has 0 saturated heterocycles. The highest BCUT2D eigenvalue weighted by Crippen LogP contribution is 2.48. The summed E-state index contributed by atoms with van der Waals surface area (Å²) in [6.45, 7) is 0. The molecule has 0 unspecified atom stereocenters. The quantitative estimate of drug-likeness (QED) is 0.789. The van der Waals surface area contributed by atoms with E-state index in [-0.39, 0.29) is 6.10 Å². The Kier molecular flexibility index (Phi) is 2.53. The minimum Gasteiger partial charge on any atom is -0.388 e. The van der Waals surface area contributed by atoms with Crippen molar-refractivity contribution in [3.63, 3.8) is 0 Å². The molecule has 0 heterocycles. The van der Waals surface area contributed by atoms with Gasteiger partial charge in [-0.3, -0.25) is 0 Å². The van der Waals surface area contributed by atoms with Crippen LogP contribution in [0.25, 0.3) is 6.08 Å². The Morgan fingerprint density at radius 3 is 2.56 bits per heavy atom. The number of aliphatic hydroxyl groups is 1. The molecule has 0 spiro atoms. The maximum absolute atomic E-state index is 10.1. The fourth-order valence-corrected chi connectivity index (χ4v) is 3.20. The average Bonchev–Trinajstić information content (AvgIpc) is 2.85. The second-order valence-corrected chi connectivity index (χ2v) is 5.35. The van der Waals surface area contributed by atoms with Gasteiger partial charge in [-0.25, -0.2) is 0 Å². The third-order valence-electron chi connectivity index (χ3n) is 3.94. The Morgan fingerprint density at radius 1 is 1.19 bits per heavy atom. The van der Waals surface area contributed by atoms with Crippen LogP contribution in [0.5, 0.6) is 0 Å². The van der Waals surface area contributed by atoms with Gasteiger partial charge in [0.25, 0.3) is 0 Å². The zero-order chi connectivity index (χ0) is 11.1. The number of benzene rings is 1. The van der Waals surface area contributed by atoms with E-state index in [2.05, 4.69) is 6.08 Å². The van der Waals surface area contributed by atoms with E-state index in [1.807, 2.05) is 24.3 Å². The lowest BCUT2D eigenvalue weighted by molar-refractivity contribution is 0.155. The van der Waals surface area contributed by atoms with Crippen molar-refractivity contribution in [1.82, 2.24) is 0 Å². The van der Waals surface area contributed by atoms with Crippen molar-refractivity contribution in [2.24, 2.45) is 11.8 Å². The summed E-state index contributed by atoms with van der Waals surface area (Å²) in [6.07, 6.45) is 5.57. The number of hydrogen-bond donors (Lipinski definition) is 1. The van der Waals surface area contributed by atoms with Gasteiger partial charge in [0.15, 0.2) is 0 Å². The van der Waals surface area contributed by atoms with Gasteiger partial charge in [0, 0.05) is 5.02 Å². The fraction of sp³-hybridized carbons (Fsp3) is 0.429. The number of halogens is 1. The molecule has 2 saturated carbocycles. The van der Waals surface area contributed by atoms with E-state index >= 15 is 0 Å². The molecular weight excluding hydrogens is 220 g/mol. The number of rotatable bonds is 1. The van der Waals surface area contributed by atoms with E-state index in [0.29, 0.717) is 11.8 Å². The molecule has 1 N–H and O–H groups in total. The summed E-state index contributed by atoms with van der Waals surface area (Å²) in [7, 11) is 0. The molecule has 0 radical (unpaired) electrons. The summed E-state index contributed by atoms with van der Waals surface area (Å²) in [4.78, 5) is 0. The molecule has 0 aliphatic heterocycles. The number of hydrogen-bond acceptors (Lipinski definition) is 1. The van der Waals surface area contributed by atoms with Crippen LogP contribution < -0.4 is 0 Å². The van der Waals surface area contributed by atoms with Gasteiger partial charge in [-0.2, -0.15) is 0 Å². The zero-order valence-corrected chi connectivity index (χ0v) is 9.82. The lowest BCUT2D eigenvalue weighted by Crippen LogP contribution is -2.18. The van der Waals surface area contributed by atoms with Crippen LogP contribution in [0.3, 0.4) is 0 Å². The Bertz CT molecular complexity index is 417. The van der Waals surface area contributed by atoms with E-state index < -0.39 is 0 Å². The minimum atomic E-state index is -0.200. The molecule has 0 amide bonds. The second-order valence-electron chi connectivity index (χ2n) is 4.91. The first-order valence-electron chi connectivity index (χ1n) is 5.89. The van der Waals surface area contributed by atoms with Crippen LogP contribution >= 0.6 is 11.6 Å². The van der Waals surface area contributed by atoms with Gasteiger partial charge < -0.3 is 5.11 Å². The summed E-state index contributed by atoms with van der Waals surface area (Å²) in [5.74, 6) is 1.14. The zero-order valence-electron chi connectivity index (χ0n) is 9.07. The summed E-state index contributed by atoms with van der Waals surface area (Å²) in [5, 5.41) is 10.9. The van der Waals surface area contributed by atoms with Crippen molar-refractivity contribution < 1.29 is 5.11 Å². The molecule has 2 bridgehead atoms. The van der Waals surface area contributed by atoms with E-state index in [0.717, 1.165) is 10.6 Å². The summed E-state index contributed by atoms with van der Waals surface area (Å²) < 4.78 is 0. The molecule has 1 aromatic carbocycles. The molecular formula is C14H15ClO. The van der Waals surface area contributed by atoms with Gasteiger partial charge in [-0.05, 0) is 54.4 Å². The van der Waals surface area contributed by atoms with Gasteiger partial charge >= 0.3 is 0 Å². The molecule has 2 fully saturated rings. The van der Waals surface area contributed by atoms with E-state index in [1.54, 1.807) is 0 Å². The fourth-order valence-electron chi connectivity index (χ4n) is 3.07. The van der Waals surface area contributed by atoms with Gasteiger partial charge in [-0.15, -0.1) is 0 Å². The van der Waals surface area contributed by atoms with E-state index in [9.17, 15) is 5.11 Å². The predicted molar refractivity (Wildman–Crippen MR) is 66.3 cm³/mol. The Morgan fingerprint density at radius 2 is 1.94 bits per heavy atom. The molecule has 2 aliphatic rings. The molecule has 3 atom stereocenters. The van der Waals surface area contributed by atoms with Crippen LogP contribution in [-0.2, 0) is 0 Å². The third-order valence-corrected chi connectivity index (χ3v) is 4.19. The third kappa shape index (κ3) is 1.68. The molecule has 2 heteroatoms. The first-order valence-corrected chi connectivity index (χ1v) is 6.27. The maximum Gasteiger partial charge on any atom is 0.0784 e. The molecule has 1 aromatic rings. The predicted octanol–water partition coefficient (Wildman–Crippen LogP) is 3.51. The van der Waals surface area contributed by atoms with Crippen LogP contribution in [0.4, 0.5) is 0 Å². The van der Waals surface area contributed by atoms with E-state index in [4.69, 9.17) is 11.6 Å². The number of aliphatic hydroxyl groups excluding tert-OH is 1. The topological polar surface area (TPSA) is 20.2 Å². The maximum atomic E-state index is 10.1. The lowest BCUT2D eigenvalue weighted by Gasteiger charge is -2.19. The van der Waals surface area contributed by atoms with Crippen LogP contribution in [0.2, 0.25) is 5.02 Å². The normalized spacial score (nSPS) is 34.9. The SMILES string of the molecule is O[C@@H]1/C(=C/c2ccc(Cl)cc2)[C@@H]2CC[C@H]1C2. The van der Waals surface area contributed by atoms with Crippen molar-refractivity contribution in [3.05, 3.63) is 40.4 Å². The summed E-state index contributed by atoms with van der Waals surface area (Å²) >= 11 is 5.85. The molecule has 1 nitrogen and oxygen atoms in total. The van der Waals surface area contributed by atoms with Crippen LogP contribution in [0, 0.1) is 11.8 Å². The van der Waals surface area contributed by atoms with Crippen LogP contribution in [-0.4, -0.2) is 11.2 Å². The summed E-state index contributed by atoms with van der Waals surface area (Å²) in [5.41, 5.74) is 2.38. The van der Waals surface area contributed by atoms with Crippen molar-refractivity contribution in [3.8, 4) is 0 Å². The molecule has 2 aliphatic carbocycles. The van der Waals surface area contributed by atoms with Gasteiger partial charge in [-0.1, -0.05) is 29.8 Å². The lowest BCUT2D eigenvalue weighted by atomic mass is 9.91. The average molecular weight is 235 g/mol. The van der Waals surface area contributed by atoms with Crippen LogP contribution in [0.15, 0.2) is 29.8 Å². The smallest absolute Gasteiger partial charge is 0.0784 e. The minimum absolute atomic E-state index is 0.200. The standard InChI is InChI=1S/C14H15ClO/c15-12-5-1-9(2-6-12)7-13-10-3-4-11(8-10)14(13)16/h1-2,5-7,10-11,14,16H,3-4,8H2/b13-7+/t10-,11+,14+/m1/s1. The molecule has 3 rings (SSSR count). The van der Waals surface area contributed by atoms with Crippen molar-refractivity contribution >= 4 is 17.7 Å². The molecule has 16 heavy (non-hydrogen) atoms. The van der Waals surface area contributed by atoms with Crippen molar-refractivity contribution in [2.45, 2.75) is 25.4 Å². The first-order chi connectivity index (χ1) is 7.74. The highest BCUT2D eigenvalue weighted by atomic mass is 35.5. The highest BCUT2D eigenvalue weighted by Gasteiger charge is 2.42. The van der Waals surface area contributed by atoms with Gasteiger partial charge in [0.05, 0.1) is 6.10 Å². The summed E-state index contributed by atoms with van der Waals surface area (Å²) in [6, 6.07) is 7.81. The highest BCUT2D eigenvalue weighted by molar-refractivity contribution is 6.30. The first kappa shape index (κ1) is 10.4. The van der Waals surface area contributed by atoms with Gasteiger partial charge in [0.1, 0.15) is 0 Å². The van der Waals surface area contributed by atoms with Crippen molar-refractivity contribution in [1.29, 1.82) is 0 Å². The van der Waals surface area contributed by atoms with Crippen LogP contribution in [0.1, 0.15) is 24.8 Å². The Balaban J connectivity index is 1.89. The van der Waals surface area contributed by atoms with Crippen molar-refractivity contribution in [2.75, 3.05) is 0 Å². The molecule has 84 valence electrons. The largest absolute Gasteiger partial charge is 0.388 e. The number of fused-ring (bicyclic) bond motifs is 2. The van der Waals surface area contributed by atoms with Gasteiger partial charge in [0.2, 0.25) is 0 Å².